The van der Waals surface area contributed by atoms with Crippen molar-refractivity contribution in [1.82, 2.24) is 0 Å². The molecule has 0 radical (unpaired) electrons. The molecular weight excluding hydrogens is 146 g/mol. The minimum absolute atomic E-state index is 0.648. The van der Waals surface area contributed by atoms with Gasteiger partial charge in [0.2, 0.25) is 0 Å². The van der Waals surface area contributed by atoms with Crippen LogP contribution in [0.3, 0.4) is 0 Å². The summed E-state index contributed by atoms with van der Waals surface area (Å²) in [5.74, 6) is 0. The van der Waals surface area contributed by atoms with Crippen molar-refractivity contribution in [3.63, 3.8) is 0 Å². The van der Waals surface area contributed by atoms with Crippen molar-refractivity contribution in [2.24, 2.45) is 0 Å². The molecule has 10 heavy (non-hydrogen) atoms. The maximum absolute atomic E-state index is 5.78. The Morgan fingerprint density at radius 3 is 2.70 bits per heavy atom. The van der Waals surface area contributed by atoms with Crippen LogP contribution < -0.4 is 5.73 Å². The summed E-state index contributed by atoms with van der Waals surface area (Å²) >= 11 is 5.78. The van der Waals surface area contributed by atoms with Gasteiger partial charge in [0.25, 0.3) is 0 Å². The summed E-state index contributed by atoms with van der Waals surface area (Å²) in [4.78, 5) is 0. The van der Waals surface area contributed by atoms with Crippen molar-refractivity contribution >= 4 is 23.4 Å². The lowest BCUT2D eigenvalue weighted by molar-refractivity contribution is 1.64. The molecule has 0 aliphatic heterocycles. The van der Waals surface area contributed by atoms with Crippen LogP contribution in [0.5, 0.6) is 0 Å². The van der Waals surface area contributed by atoms with E-state index in [2.05, 4.69) is 6.58 Å². The first-order valence-corrected chi connectivity index (χ1v) is 3.29. The zero-order chi connectivity index (χ0) is 7.56. The van der Waals surface area contributed by atoms with Crippen LogP contribution in [0, 0.1) is 0 Å². The Hall–Kier alpha value is -0.950. The molecule has 52 valence electrons. The van der Waals surface area contributed by atoms with Gasteiger partial charge in [0.1, 0.15) is 0 Å². The minimum atomic E-state index is 0.648. The summed E-state index contributed by atoms with van der Waals surface area (Å²) < 4.78 is 0. The topological polar surface area (TPSA) is 26.0 Å². The van der Waals surface area contributed by atoms with Crippen LogP contribution in [0.15, 0.2) is 24.8 Å². The third kappa shape index (κ3) is 1.31. The van der Waals surface area contributed by atoms with E-state index < -0.39 is 0 Å². The molecule has 1 nitrogen and oxygen atoms in total. The third-order valence-corrected chi connectivity index (χ3v) is 1.57. The molecule has 2 heteroatoms. The van der Waals surface area contributed by atoms with Crippen molar-refractivity contribution < 1.29 is 0 Å². The molecule has 0 saturated heterocycles. The van der Waals surface area contributed by atoms with E-state index in [1.165, 1.54) is 0 Å². The molecule has 0 spiro atoms. The Morgan fingerprint density at radius 1 is 1.50 bits per heavy atom. The first-order chi connectivity index (χ1) is 4.74. The van der Waals surface area contributed by atoms with Crippen LogP contribution in [0.4, 0.5) is 5.69 Å². The summed E-state index contributed by atoms with van der Waals surface area (Å²) in [7, 11) is 0. The van der Waals surface area contributed by atoms with Gasteiger partial charge in [-0.15, -0.1) is 0 Å². The highest BCUT2D eigenvalue weighted by Gasteiger charge is 1.93. The first kappa shape index (κ1) is 7.16. The minimum Gasteiger partial charge on any atom is -0.399 e. The number of anilines is 1. The van der Waals surface area contributed by atoms with Gasteiger partial charge in [-0.2, -0.15) is 0 Å². The lowest BCUT2D eigenvalue weighted by Crippen LogP contribution is -1.84. The van der Waals surface area contributed by atoms with E-state index in [0.29, 0.717) is 10.7 Å². The van der Waals surface area contributed by atoms with Gasteiger partial charge in [-0.1, -0.05) is 30.3 Å². The Bertz CT molecular complexity index is 255. The third-order valence-electron chi connectivity index (χ3n) is 1.24. The summed E-state index contributed by atoms with van der Waals surface area (Å²) in [6, 6.07) is 5.34. The van der Waals surface area contributed by atoms with Gasteiger partial charge in [-0.3, -0.25) is 0 Å². The number of hydrogen-bond acceptors (Lipinski definition) is 1. The molecule has 0 atom stereocenters. The number of rotatable bonds is 1. The van der Waals surface area contributed by atoms with Gasteiger partial charge in [0.15, 0.2) is 0 Å². The van der Waals surface area contributed by atoms with Crippen molar-refractivity contribution in [3.8, 4) is 0 Å². The van der Waals surface area contributed by atoms with Crippen molar-refractivity contribution in [2.45, 2.75) is 0 Å². The summed E-state index contributed by atoms with van der Waals surface area (Å²) in [6.07, 6.45) is 1.70. The number of halogens is 1. The zero-order valence-corrected chi connectivity index (χ0v) is 6.23. The predicted molar refractivity (Wildman–Crippen MR) is 46.0 cm³/mol. The van der Waals surface area contributed by atoms with Crippen molar-refractivity contribution in [2.75, 3.05) is 5.73 Å². The van der Waals surface area contributed by atoms with E-state index in [1.54, 1.807) is 18.2 Å². The van der Waals surface area contributed by atoms with Gasteiger partial charge >= 0.3 is 0 Å². The Labute approximate surface area is 65.1 Å². The number of benzene rings is 1. The summed E-state index contributed by atoms with van der Waals surface area (Å²) in [6.45, 7) is 3.60. The number of nitrogens with two attached hydrogens (primary N) is 1. The summed E-state index contributed by atoms with van der Waals surface area (Å²) in [5.41, 5.74) is 7.05. The normalized spacial score (nSPS) is 9.30. The highest BCUT2D eigenvalue weighted by molar-refractivity contribution is 6.32. The molecule has 0 aliphatic carbocycles. The average Bonchev–Trinajstić information content (AvgIpc) is 1.88. The van der Waals surface area contributed by atoms with E-state index in [4.69, 9.17) is 17.3 Å². The second kappa shape index (κ2) is 2.76. The maximum Gasteiger partial charge on any atom is 0.0498 e. The highest BCUT2D eigenvalue weighted by atomic mass is 35.5. The van der Waals surface area contributed by atoms with Crippen LogP contribution in [-0.2, 0) is 0 Å². The van der Waals surface area contributed by atoms with E-state index in [-0.39, 0.29) is 0 Å². The van der Waals surface area contributed by atoms with Crippen LogP contribution >= 0.6 is 11.6 Å². The molecule has 1 aromatic rings. The van der Waals surface area contributed by atoms with E-state index >= 15 is 0 Å². The van der Waals surface area contributed by atoms with Crippen LogP contribution in [0.1, 0.15) is 5.56 Å². The standard InChI is InChI=1S/C8H8ClN/c1-2-6-3-4-7(10)5-8(6)9/h2-5H,1,10H2. The molecular formula is C8H8ClN. The number of nitrogen functional groups attached to an aromatic ring is 1. The van der Waals surface area contributed by atoms with Gasteiger partial charge in [-0.05, 0) is 17.7 Å². The van der Waals surface area contributed by atoms with Gasteiger partial charge in [0.05, 0.1) is 0 Å². The molecule has 0 amide bonds. The van der Waals surface area contributed by atoms with E-state index in [1.807, 2.05) is 6.07 Å². The Kier molecular flexibility index (Phi) is 1.97. The van der Waals surface area contributed by atoms with Gasteiger partial charge in [0, 0.05) is 10.7 Å². The maximum atomic E-state index is 5.78. The van der Waals surface area contributed by atoms with Gasteiger partial charge < -0.3 is 5.73 Å². The second-order valence-electron chi connectivity index (χ2n) is 1.99. The fourth-order valence-electron chi connectivity index (χ4n) is 0.709. The molecule has 0 unspecified atom stereocenters. The molecule has 0 aliphatic rings. The monoisotopic (exact) mass is 153 g/mol. The molecule has 0 aromatic heterocycles. The zero-order valence-electron chi connectivity index (χ0n) is 5.47. The Morgan fingerprint density at radius 2 is 2.20 bits per heavy atom. The van der Waals surface area contributed by atoms with E-state index in [0.717, 1.165) is 5.56 Å². The fraction of sp³-hybridized carbons (Fsp3) is 0. The predicted octanol–water partition coefficient (Wildman–Crippen LogP) is 2.57. The second-order valence-corrected chi connectivity index (χ2v) is 2.39. The number of hydrogen-bond donors (Lipinski definition) is 1. The molecule has 1 rings (SSSR count). The molecule has 0 bridgehead atoms. The fourth-order valence-corrected chi connectivity index (χ4v) is 0.975. The molecule has 2 N–H and O–H groups in total. The smallest absolute Gasteiger partial charge is 0.0498 e. The molecule has 1 aromatic carbocycles. The molecule has 0 saturated carbocycles. The first-order valence-electron chi connectivity index (χ1n) is 2.91. The Balaban J connectivity index is 3.19. The van der Waals surface area contributed by atoms with Crippen LogP contribution in [0.2, 0.25) is 5.02 Å². The molecule has 0 fully saturated rings. The SMILES string of the molecule is C=Cc1ccc(N)cc1Cl. The van der Waals surface area contributed by atoms with Crippen LogP contribution in [0.25, 0.3) is 6.08 Å². The quantitative estimate of drug-likeness (QED) is 0.617. The van der Waals surface area contributed by atoms with Crippen molar-refractivity contribution in [3.05, 3.63) is 35.4 Å². The lowest BCUT2D eigenvalue weighted by atomic mass is 10.2. The molecule has 0 heterocycles. The van der Waals surface area contributed by atoms with Crippen molar-refractivity contribution in [1.29, 1.82) is 0 Å². The highest BCUT2D eigenvalue weighted by Crippen LogP contribution is 2.19. The largest absolute Gasteiger partial charge is 0.399 e. The lowest BCUT2D eigenvalue weighted by Gasteiger charge is -1.97. The summed E-state index contributed by atoms with van der Waals surface area (Å²) in [5, 5.41) is 0.648. The van der Waals surface area contributed by atoms with Gasteiger partial charge in [-0.25, -0.2) is 0 Å². The average molecular weight is 154 g/mol. The van der Waals surface area contributed by atoms with Crippen LogP contribution in [-0.4, -0.2) is 0 Å². The van der Waals surface area contributed by atoms with E-state index in [9.17, 15) is 0 Å².